The molecule has 0 heterocycles. The van der Waals surface area contributed by atoms with Crippen molar-refractivity contribution in [1.82, 2.24) is 0 Å². The van der Waals surface area contributed by atoms with E-state index in [1.807, 2.05) is 0 Å². The summed E-state index contributed by atoms with van der Waals surface area (Å²) in [7, 11) is 0. The van der Waals surface area contributed by atoms with Gasteiger partial charge in [0.2, 0.25) is 0 Å². The van der Waals surface area contributed by atoms with Gasteiger partial charge in [-0.05, 0) is 12.2 Å². The first-order chi connectivity index (χ1) is 4.18. The Morgan fingerprint density at radius 1 is 1.40 bits per heavy atom. The minimum Gasteiger partial charge on any atom is -0.545 e. The van der Waals surface area contributed by atoms with Gasteiger partial charge in [-0.25, -0.2) is 0 Å². The van der Waals surface area contributed by atoms with E-state index in [1.54, 1.807) is 0 Å². The molecule has 0 N–H and O–H groups in total. The minimum atomic E-state index is -1.23. The van der Waals surface area contributed by atoms with Crippen molar-refractivity contribution in [2.75, 3.05) is 0 Å². The molecule has 0 aliphatic carbocycles. The normalized spacial score (nSPS) is 5.20. The molecule has 0 aromatic heterocycles. The summed E-state index contributed by atoms with van der Waals surface area (Å²) in [5.41, 5.74) is 0. The molecular weight excluding hydrogens is 143 g/mol. The van der Waals surface area contributed by atoms with Crippen LogP contribution in [-0.4, -0.2) is 12.3 Å². The van der Waals surface area contributed by atoms with Gasteiger partial charge in [-0.1, -0.05) is 13.2 Å². The van der Waals surface area contributed by atoms with Crippen molar-refractivity contribution in [2.45, 2.75) is 0 Å². The maximum atomic E-state index is 9.14. The number of carboxylic acid groups (broad SMARTS) is 1. The number of hydrogen-bond acceptors (Lipinski definition) is 3. The van der Waals surface area contributed by atoms with Crippen LogP contribution in [0.5, 0.6) is 0 Å². The fourth-order valence-electron chi connectivity index (χ4n) is 0. The molecule has 0 amide bonds. The van der Waals surface area contributed by atoms with Crippen molar-refractivity contribution in [2.24, 2.45) is 0 Å². The van der Waals surface area contributed by atoms with Crippen LogP contribution in [0.15, 0.2) is 25.3 Å². The number of carbonyl (C=O) groups is 2. The van der Waals surface area contributed by atoms with Gasteiger partial charge >= 0.3 is 29.6 Å². The second-order valence-electron chi connectivity index (χ2n) is 0.895. The van der Waals surface area contributed by atoms with Gasteiger partial charge < -0.3 is 9.90 Å². The van der Waals surface area contributed by atoms with Gasteiger partial charge in [-0.15, -0.1) is 0 Å². The molecule has 0 aliphatic heterocycles. The van der Waals surface area contributed by atoms with Crippen molar-refractivity contribution < 1.29 is 44.3 Å². The Morgan fingerprint density at radius 2 is 1.60 bits per heavy atom. The number of hydrogen-bond donors (Lipinski definition) is 0. The largest absolute Gasteiger partial charge is 1.00 e. The molecule has 0 aliphatic rings. The van der Waals surface area contributed by atoms with Gasteiger partial charge in [-0.3, -0.25) is 4.79 Å². The monoisotopic (exact) mass is 150 g/mol. The summed E-state index contributed by atoms with van der Waals surface area (Å²) in [6.07, 6.45) is 2.56. The molecule has 0 unspecified atom stereocenters. The molecule has 3 nitrogen and oxygen atoms in total. The van der Waals surface area contributed by atoms with E-state index in [0.29, 0.717) is 6.29 Å². The van der Waals surface area contributed by atoms with Gasteiger partial charge in [0.15, 0.2) is 0 Å². The molecule has 0 aromatic rings. The minimum absolute atomic E-state index is 0. The summed E-state index contributed by atoms with van der Waals surface area (Å²) in [4.78, 5) is 18.2. The summed E-state index contributed by atoms with van der Waals surface area (Å²) >= 11 is 0. The topological polar surface area (TPSA) is 57.2 Å². The third-order valence-corrected chi connectivity index (χ3v) is 0.263. The van der Waals surface area contributed by atoms with Crippen molar-refractivity contribution in [1.29, 1.82) is 0 Å². The molecule has 0 aromatic carbocycles. The zero-order valence-corrected chi connectivity index (χ0v) is 7.87. The fraction of sp³-hybridized carbons (Fsp3) is 0. The molecule has 50 valence electrons. The van der Waals surface area contributed by atoms with Crippen molar-refractivity contribution in [3.63, 3.8) is 0 Å². The quantitative estimate of drug-likeness (QED) is 0.231. The Bertz CT molecular complexity index is 114. The van der Waals surface area contributed by atoms with Gasteiger partial charge in [-0.2, -0.15) is 0 Å². The molecule has 0 bridgehead atoms. The van der Waals surface area contributed by atoms with E-state index in [9.17, 15) is 0 Å². The first-order valence-corrected chi connectivity index (χ1v) is 2.08. The van der Waals surface area contributed by atoms with Crippen LogP contribution in [0.25, 0.3) is 0 Å². The van der Waals surface area contributed by atoms with Crippen molar-refractivity contribution in [3.8, 4) is 0 Å². The first kappa shape index (κ1) is 16.3. The Morgan fingerprint density at radius 3 is 1.60 bits per heavy atom. The number of carbonyl (C=O) groups excluding carboxylic acids is 2. The average Bonchev–Trinajstić information content (AvgIpc) is 1.89. The Balaban J connectivity index is -0.0000000910. The van der Waals surface area contributed by atoms with E-state index in [1.165, 1.54) is 6.08 Å². The number of carboxylic acids is 1. The number of rotatable bonds is 2. The van der Waals surface area contributed by atoms with Crippen LogP contribution in [0.2, 0.25) is 0 Å². The molecule has 4 heteroatoms. The van der Waals surface area contributed by atoms with E-state index in [4.69, 9.17) is 14.7 Å². The summed E-state index contributed by atoms with van der Waals surface area (Å²) in [6.45, 7) is 6.01. The van der Waals surface area contributed by atoms with Crippen molar-refractivity contribution >= 4 is 12.3 Å². The third kappa shape index (κ3) is 48.6. The molecule has 0 rings (SSSR count). The van der Waals surface area contributed by atoms with Crippen LogP contribution in [0, 0.1) is 0 Å². The van der Waals surface area contributed by atoms with Crippen LogP contribution in [0.1, 0.15) is 0 Å². The molecule has 0 spiro atoms. The maximum Gasteiger partial charge on any atom is 1.00 e. The van der Waals surface area contributed by atoms with Crippen LogP contribution in [0.4, 0.5) is 0 Å². The SMILES string of the molecule is C=CC(=O)[O-].C=CC=O.[Na+]. The van der Waals surface area contributed by atoms with Crippen LogP contribution in [0.3, 0.4) is 0 Å². The Labute approximate surface area is 81.7 Å². The van der Waals surface area contributed by atoms with Crippen LogP contribution < -0.4 is 34.7 Å². The summed E-state index contributed by atoms with van der Waals surface area (Å²) in [6, 6.07) is 0. The van der Waals surface area contributed by atoms with E-state index < -0.39 is 5.97 Å². The molecule has 0 saturated carbocycles. The van der Waals surface area contributed by atoms with E-state index in [2.05, 4.69) is 13.2 Å². The second-order valence-corrected chi connectivity index (χ2v) is 0.895. The summed E-state index contributed by atoms with van der Waals surface area (Å²) in [5, 5.41) is 9.14. The molecule has 0 fully saturated rings. The smallest absolute Gasteiger partial charge is 0.545 e. The van der Waals surface area contributed by atoms with Gasteiger partial charge in [0, 0.05) is 0 Å². The van der Waals surface area contributed by atoms with E-state index >= 15 is 0 Å². The zero-order chi connectivity index (χ0) is 7.70. The van der Waals surface area contributed by atoms with Gasteiger partial charge in [0.05, 0.1) is 5.97 Å². The van der Waals surface area contributed by atoms with E-state index in [0.717, 1.165) is 6.08 Å². The fourth-order valence-corrected chi connectivity index (χ4v) is 0. The summed E-state index contributed by atoms with van der Waals surface area (Å²) < 4.78 is 0. The predicted molar refractivity (Wildman–Crippen MR) is 31.5 cm³/mol. The predicted octanol–water partition coefficient (Wildman–Crippen LogP) is -3.70. The number of aldehydes is 1. The average molecular weight is 150 g/mol. The van der Waals surface area contributed by atoms with Crippen LogP contribution in [-0.2, 0) is 9.59 Å². The maximum absolute atomic E-state index is 9.14. The Hall–Kier alpha value is -0.380. The van der Waals surface area contributed by atoms with Gasteiger partial charge in [0.1, 0.15) is 6.29 Å². The third-order valence-electron chi connectivity index (χ3n) is 0.263. The Kier molecular flexibility index (Phi) is 25.8. The van der Waals surface area contributed by atoms with Crippen molar-refractivity contribution in [3.05, 3.63) is 25.3 Å². The molecule has 0 radical (unpaired) electrons. The summed E-state index contributed by atoms with van der Waals surface area (Å²) in [5.74, 6) is -1.23. The standard InChI is InChI=1S/C3H4O2.C3H4O.Na/c1-2-3(4)5;1-2-3-4;/h2H,1H2,(H,4,5);2-3H,1H2;/q;;+1/p-1. The van der Waals surface area contributed by atoms with Gasteiger partial charge in [0.25, 0.3) is 0 Å². The molecular formula is C6H7NaO3. The molecule has 10 heavy (non-hydrogen) atoms. The van der Waals surface area contributed by atoms with Crippen LogP contribution >= 0.6 is 0 Å². The van der Waals surface area contributed by atoms with E-state index in [-0.39, 0.29) is 29.6 Å². The second kappa shape index (κ2) is 15.8. The molecule has 0 atom stereocenters. The molecule has 0 saturated heterocycles. The number of allylic oxidation sites excluding steroid dienone is 1. The zero-order valence-electron chi connectivity index (χ0n) is 5.87. The first-order valence-electron chi connectivity index (χ1n) is 2.08. The number of aliphatic carboxylic acids is 1.